The summed E-state index contributed by atoms with van der Waals surface area (Å²) in [4.78, 5) is 23.2. The van der Waals surface area contributed by atoms with E-state index in [1.807, 2.05) is 32.0 Å². The molecule has 132 valence electrons. The predicted molar refractivity (Wildman–Crippen MR) is 91.2 cm³/mol. The molecule has 1 fully saturated rings. The Morgan fingerprint density at radius 2 is 1.92 bits per heavy atom. The summed E-state index contributed by atoms with van der Waals surface area (Å²) in [6.45, 7) is 3.91. The molecule has 1 aromatic rings. The topological polar surface area (TPSA) is 87.7 Å². The maximum Gasteiger partial charge on any atom is 0.315 e. The van der Waals surface area contributed by atoms with E-state index in [0.717, 1.165) is 16.9 Å². The fraction of sp³-hybridized carbons (Fsp3) is 0.556. The van der Waals surface area contributed by atoms with Crippen molar-refractivity contribution < 1.29 is 19.4 Å². The average Bonchev–Trinajstić information content (AvgIpc) is 2.55. The zero-order chi connectivity index (χ0) is 17.7. The number of carbonyl (C=O) groups is 2. The second-order valence-corrected chi connectivity index (χ2v) is 6.47. The lowest BCUT2D eigenvalue weighted by molar-refractivity contribution is -0.142. The number of ether oxygens (including phenoxy) is 1. The van der Waals surface area contributed by atoms with Gasteiger partial charge in [-0.2, -0.15) is 0 Å². The van der Waals surface area contributed by atoms with E-state index in [4.69, 9.17) is 9.84 Å². The fourth-order valence-electron chi connectivity index (χ4n) is 3.18. The molecule has 0 aromatic heterocycles. The molecule has 0 spiro atoms. The summed E-state index contributed by atoms with van der Waals surface area (Å²) in [6.07, 6.45) is 2.63. The average molecular weight is 334 g/mol. The minimum absolute atomic E-state index is 0.0344. The first kappa shape index (κ1) is 18.1. The lowest BCUT2D eigenvalue weighted by Crippen LogP contribution is -2.44. The van der Waals surface area contributed by atoms with Crippen molar-refractivity contribution in [3.8, 4) is 5.75 Å². The molecular weight excluding hydrogens is 308 g/mol. The number of amides is 2. The Hall–Kier alpha value is -2.24. The Morgan fingerprint density at radius 3 is 2.50 bits per heavy atom. The molecule has 0 heterocycles. The summed E-state index contributed by atoms with van der Waals surface area (Å²) >= 11 is 0. The number of aryl methyl sites for hydroxylation is 1. The van der Waals surface area contributed by atoms with Crippen LogP contribution in [0.25, 0.3) is 0 Å². The van der Waals surface area contributed by atoms with Crippen LogP contribution < -0.4 is 15.4 Å². The molecular formula is C18H26N2O4. The minimum Gasteiger partial charge on any atom is -0.496 e. The van der Waals surface area contributed by atoms with Crippen molar-refractivity contribution >= 4 is 12.0 Å². The van der Waals surface area contributed by atoms with E-state index < -0.39 is 5.97 Å². The second-order valence-electron chi connectivity index (χ2n) is 6.47. The van der Waals surface area contributed by atoms with E-state index in [2.05, 4.69) is 10.6 Å². The molecule has 3 N–H and O–H groups in total. The van der Waals surface area contributed by atoms with Crippen LogP contribution in [0, 0.1) is 12.8 Å². The molecule has 1 aliphatic rings. The standard InChI is InChI=1S/C18H26N2O4/c1-11-4-9-16(24-3)15(10-11)12(2)19-18(23)20-14-7-5-13(6-8-14)17(21)22/h4,9-10,12-14H,5-8H2,1-3H3,(H,21,22)(H2,19,20,23)/t12-,13?,14?/m0/s1. The third-order valence-electron chi connectivity index (χ3n) is 4.61. The molecule has 1 atom stereocenters. The highest BCUT2D eigenvalue weighted by atomic mass is 16.5. The van der Waals surface area contributed by atoms with Crippen LogP contribution in [-0.2, 0) is 4.79 Å². The number of hydrogen-bond donors (Lipinski definition) is 3. The van der Waals surface area contributed by atoms with Crippen LogP contribution in [0.2, 0.25) is 0 Å². The summed E-state index contributed by atoms with van der Waals surface area (Å²) in [6, 6.07) is 5.48. The first-order valence-corrected chi connectivity index (χ1v) is 8.35. The highest BCUT2D eigenvalue weighted by molar-refractivity contribution is 5.75. The number of carbonyl (C=O) groups excluding carboxylic acids is 1. The van der Waals surface area contributed by atoms with E-state index in [1.54, 1.807) is 7.11 Å². The lowest BCUT2D eigenvalue weighted by Gasteiger charge is -2.27. The van der Waals surface area contributed by atoms with Gasteiger partial charge in [-0.05, 0) is 45.6 Å². The van der Waals surface area contributed by atoms with Crippen LogP contribution in [0.3, 0.4) is 0 Å². The number of methoxy groups -OCH3 is 1. The summed E-state index contributed by atoms with van der Waals surface area (Å²) < 4.78 is 5.36. The van der Waals surface area contributed by atoms with Crippen molar-refractivity contribution in [1.29, 1.82) is 0 Å². The monoisotopic (exact) mass is 334 g/mol. The molecule has 1 saturated carbocycles. The number of urea groups is 1. The molecule has 0 bridgehead atoms. The van der Waals surface area contributed by atoms with Gasteiger partial charge in [0.25, 0.3) is 0 Å². The number of aliphatic carboxylic acids is 1. The maximum absolute atomic E-state index is 12.2. The van der Waals surface area contributed by atoms with Gasteiger partial charge < -0.3 is 20.5 Å². The zero-order valence-corrected chi connectivity index (χ0v) is 14.5. The van der Waals surface area contributed by atoms with Crippen molar-refractivity contribution in [3.63, 3.8) is 0 Å². The van der Waals surface area contributed by atoms with Gasteiger partial charge in [0, 0.05) is 11.6 Å². The minimum atomic E-state index is -0.738. The Labute approximate surface area is 142 Å². The van der Waals surface area contributed by atoms with E-state index in [-0.39, 0.29) is 24.0 Å². The van der Waals surface area contributed by atoms with Gasteiger partial charge in [-0.15, -0.1) is 0 Å². The third kappa shape index (κ3) is 4.63. The Bertz CT molecular complexity index is 595. The Balaban J connectivity index is 1.89. The van der Waals surface area contributed by atoms with Gasteiger partial charge >= 0.3 is 12.0 Å². The van der Waals surface area contributed by atoms with Crippen LogP contribution in [0.4, 0.5) is 4.79 Å². The summed E-state index contributed by atoms with van der Waals surface area (Å²) in [5.41, 5.74) is 2.04. The smallest absolute Gasteiger partial charge is 0.315 e. The molecule has 2 rings (SSSR count). The SMILES string of the molecule is COc1ccc(C)cc1[C@H](C)NC(=O)NC1CCC(C(=O)O)CC1. The van der Waals surface area contributed by atoms with Crippen molar-refractivity contribution in [2.75, 3.05) is 7.11 Å². The zero-order valence-electron chi connectivity index (χ0n) is 14.5. The molecule has 1 aliphatic carbocycles. The predicted octanol–water partition coefficient (Wildman–Crippen LogP) is 3.01. The largest absolute Gasteiger partial charge is 0.496 e. The number of carboxylic acid groups (broad SMARTS) is 1. The van der Waals surface area contributed by atoms with Gasteiger partial charge in [-0.1, -0.05) is 17.7 Å². The highest BCUT2D eigenvalue weighted by Crippen LogP contribution is 2.27. The van der Waals surface area contributed by atoms with Crippen molar-refractivity contribution in [3.05, 3.63) is 29.3 Å². The van der Waals surface area contributed by atoms with E-state index in [0.29, 0.717) is 25.7 Å². The number of carboxylic acids is 1. The van der Waals surface area contributed by atoms with Crippen molar-refractivity contribution in [1.82, 2.24) is 10.6 Å². The Kier molecular flexibility index (Phi) is 6.06. The molecule has 6 nitrogen and oxygen atoms in total. The maximum atomic E-state index is 12.2. The highest BCUT2D eigenvalue weighted by Gasteiger charge is 2.27. The van der Waals surface area contributed by atoms with E-state index >= 15 is 0 Å². The van der Waals surface area contributed by atoms with Gasteiger partial charge in [-0.25, -0.2) is 4.79 Å². The summed E-state index contributed by atoms with van der Waals surface area (Å²) in [5.74, 6) is -0.268. The number of rotatable bonds is 5. The van der Waals surface area contributed by atoms with Crippen LogP contribution in [-0.4, -0.2) is 30.3 Å². The van der Waals surface area contributed by atoms with Gasteiger partial charge in [-0.3, -0.25) is 4.79 Å². The van der Waals surface area contributed by atoms with E-state index in [9.17, 15) is 9.59 Å². The number of benzene rings is 1. The van der Waals surface area contributed by atoms with Gasteiger partial charge in [0.2, 0.25) is 0 Å². The lowest BCUT2D eigenvalue weighted by atomic mass is 9.86. The second kappa shape index (κ2) is 8.04. The first-order valence-electron chi connectivity index (χ1n) is 8.35. The molecule has 0 saturated heterocycles. The van der Waals surface area contributed by atoms with Gasteiger partial charge in [0.1, 0.15) is 5.75 Å². The van der Waals surface area contributed by atoms with Gasteiger partial charge in [0.15, 0.2) is 0 Å². The number of nitrogens with one attached hydrogen (secondary N) is 2. The van der Waals surface area contributed by atoms with Crippen LogP contribution in [0.15, 0.2) is 18.2 Å². The fourth-order valence-corrected chi connectivity index (χ4v) is 3.18. The van der Waals surface area contributed by atoms with E-state index in [1.165, 1.54) is 0 Å². The molecule has 1 aromatic carbocycles. The molecule has 2 amide bonds. The summed E-state index contributed by atoms with van der Waals surface area (Å²) in [7, 11) is 1.61. The summed E-state index contributed by atoms with van der Waals surface area (Å²) in [5, 5.41) is 14.9. The third-order valence-corrected chi connectivity index (χ3v) is 4.61. The molecule has 6 heteroatoms. The van der Waals surface area contributed by atoms with Crippen LogP contribution >= 0.6 is 0 Å². The van der Waals surface area contributed by atoms with Crippen molar-refractivity contribution in [2.45, 2.75) is 51.6 Å². The molecule has 24 heavy (non-hydrogen) atoms. The normalized spacial score (nSPS) is 21.6. The molecule has 0 radical (unpaired) electrons. The van der Waals surface area contributed by atoms with Crippen LogP contribution in [0.5, 0.6) is 5.75 Å². The quantitative estimate of drug-likeness (QED) is 0.772. The first-order chi connectivity index (χ1) is 11.4. The molecule has 0 aliphatic heterocycles. The van der Waals surface area contributed by atoms with Crippen molar-refractivity contribution in [2.24, 2.45) is 5.92 Å². The number of hydrogen-bond acceptors (Lipinski definition) is 3. The Morgan fingerprint density at radius 1 is 1.25 bits per heavy atom. The van der Waals surface area contributed by atoms with Gasteiger partial charge in [0.05, 0.1) is 19.1 Å². The van der Waals surface area contributed by atoms with Crippen LogP contribution in [0.1, 0.15) is 49.8 Å². The molecule has 0 unspecified atom stereocenters.